The van der Waals surface area contributed by atoms with Gasteiger partial charge in [-0.2, -0.15) is 0 Å². The minimum atomic E-state index is 0.376. The maximum atomic E-state index is 5.55. The van der Waals surface area contributed by atoms with E-state index in [1.165, 1.54) is 6.42 Å². The van der Waals surface area contributed by atoms with Gasteiger partial charge in [0, 0.05) is 17.8 Å². The first-order valence-electron chi connectivity index (χ1n) is 8.06. The van der Waals surface area contributed by atoms with Gasteiger partial charge in [0.1, 0.15) is 5.69 Å². The summed E-state index contributed by atoms with van der Waals surface area (Å²) in [5, 5.41) is 4.21. The predicted octanol–water partition coefficient (Wildman–Crippen LogP) is 4.07. The Kier molecular flexibility index (Phi) is 3.90. The molecule has 0 aliphatic carbocycles. The van der Waals surface area contributed by atoms with Crippen molar-refractivity contribution in [2.45, 2.75) is 25.4 Å². The topological polar surface area (TPSA) is 42.2 Å². The van der Waals surface area contributed by atoms with E-state index >= 15 is 0 Å². The first-order chi connectivity index (χ1) is 11.4. The van der Waals surface area contributed by atoms with Gasteiger partial charge in [0.2, 0.25) is 0 Å². The largest absolute Gasteiger partial charge is 0.359 e. The molecule has 0 bridgehead atoms. The highest BCUT2D eigenvalue weighted by Crippen LogP contribution is 2.32. The predicted molar refractivity (Wildman–Crippen MR) is 88.6 cm³/mol. The van der Waals surface area contributed by atoms with Crippen LogP contribution in [-0.2, 0) is 6.54 Å². The number of benzene rings is 1. The Morgan fingerprint density at radius 2 is 1.96 bits per heavy atom. The van der Waals surface area contributed by atoms with E-state index in [0.717, 1.165) is 42.2 Å². The van der Waals surface area contributed by atoms with E-state index in [1.54, 1.807) is 0 Å². The zero-order valence-corrected chi connectivity index (χ0v) is 12.9. The molecule has 4 heteroatoms. The van der Waals surface area contributed by atoms with Gasteiger partial charge < -0.3 is 4.52 Å². The molecule has 1 aromatic carbocycles. The van der Waals surface area contributed by atoms with E-state index in [0.29, 0.717) is 6.04 Å². The van der Waals surface area contributed by atoms with Crippen LogP contribution in [0.1, 0.15) is 30.3 Å². The lowest BCUT2D eigenvalue weighted by molar-refractivity contribution is 0.214. The molecule has 3 aromatic rings. The molecule has 23 heavy (non-hydrogen) atoms. The molecule has 0 amide bonds. The Hall–Kier alpha value is -2.46. The van der Waals surface area contributed by atoms with Crippen LogP contribution in [0.25, 0.3) is 11.3 Å². The van der Waals surface area contributed by atoms with Gasteiger partial charge >= 0.3 is 0 Å². The zero-order chi connectivity index (χ0) is 15.5. The fourth-order valence-corrected chi connectivity index (χ4v) is 3.26. The quantitative estimate of drug-likeness (QED) is 0.728. The maximum Gasteiger partial charge on any atom is 0.151 e. The van der Waals surface area contributed by atoms with Crippen molar-refractivity contribution >= 4 is 0 Å². The molecule has 4 nitrogen and oxygen atoms in total. The molecular formula is C19H19N3O. The molecule has 1 fully saturated rings. The molecule has 1 aliphatic heterocycles. The average Bonchev–Trinajstić information content (AvgIpc) is 3.26. The van der Waals surface area contributed by atoms with Gasteiger partial charge in [-0.3, -0.25) is 9.88 Å². The van der Waals surface area contributed by atoms with Gasteiger partial charge in [0.15, 0.2) is 5.76 Å². The highest BCUT2D eigenvalue weighted by atomic mass is 16.5. The third-order valence-corrected chi connectivity index (χ3v) is 4.38. The Morgan fingerprint density at radius 1 is 1.09 bits per heavy atom. The summed E-state index contributed by atoms with van der Waals surface area (Å²) in [4.78, 5) is 6.95. The molecule has 0 radical (unpaired) electrons. The minimum absolute atomic E-state index is 0.376. The van der Waals surface area contributed by atoms with Gasteiger partial charge in [0.25, 0.3) is 0 Å². The van der Waals surface area contributed by atoms with E-state index in [4.69, 9.17) is 4.52 Å². The first kappa shape index (κ1) is 14.2. The number of rotatable bonds is 4. The SMILES string of the molecule is c1ccc(-c2cc(CN3CCCC3c3ccccn3)on2)cc1. The van der Waals surface area contributed by atoms with Crippen molar-refractivity contribution in [1.82, 2.24) is 15.0 Å². The average molecular weight is 305 g/mol. The molecule has 1 unspecified atom stereocenters. The summed E-state index contributed by atoms with van der Waals surface area (Å²) in [6.45, 7) is 1.85. The van der Waals surface area contributed by atoms with Crippen molar-refractivity contribution in [1.29, 1.82) is 0 Å². The molecule has 1 atom stereocenters. The maximum absolute atomic E-state index is 5.55. The molecular weight excluding hydrogens is 286 g/mol. The molecule has 2 aromatic heterocycles. The molecule has 0 N–H and O–H groups in total. The van der Waals surface area contributed by atoms with Gasteiger partial charge in [-0.1, -0.05) is 41.6 Å². The van der Waals surface area contributed by atoms with Crippen molar-refractivity contribution in [2.24, 2.45) is 0 Å². The normalized spacial score (nSPS) is 18.3. The lowest BCUT2D eigenvalue weighted by Crippen LogP contribution is -2.23. The highest BCUT2D eigenvalue weighted by molar-refractivity contribution is 5.58. The van der Waals surface area contributed by atoms with Gasteiger partial charge in [-0.25, -0.2) is 0 Å². The summed E-state index contributed by atoms with van der Waals surface area (Å²) in [5.41, 5.74) is 3.13. The third kappa shape index (κ3) is 3.03. The van der Waals surface area contributed by atoms with Crippen LogP contribution in [0.5, 0.6) is 0 Å². The summed E-state index contributed by atoms with van der Waals surface area (Å²) in [5.74, 6) is 0.909. The highest BCUT2D eigenvalue weighted by Gasteiger charge is 2.27. The standard InChI is InChI=1S/C19H19N3O/c1-2-7-15(8-3-1)18-13-16(23-21-18)14-22-12-6-10-19(22)17-9-4-5-11-20-17/h1-5,7-9,11,13,19H,6,10,12,14H2. The molecule has 1 saturated heterocycles. The van der Waals surface area contributed by atoms with E-state index in [2.05, 4.69) is 27.2 Å². The molecule has 0 spiro atoms. The van der Waals surface area contributed by atoms with Crippen LogP contribution in [0.4, 0.5) is 0 Å². The number of nitrogens with zero attached hydrogens (tertiary/aromatic N) is 3. The molecule has 116 valence electrons. The fourth-order valence-electron chi connectivity index (χ4n) is 3.26. The van der Waals surface area contributed by atoms with Crippen LogP contribution in [0.15, 0.2) is 65.3 Å². The summed E-state index contributed by atoms with van der Waals surface area (Å²) in [7, 11) is 0. The lowest BCUT2D eigenvalue weighted by Gasteiger charge is -2.22. The van der Waals surface area contributed by atoms with Gasteiger partial charge in [-0.05, 0) is 31.5 Å². The van der Waals surface area contributed by atoms with Crippen LogP contribution in [0.2, 0.25) is 0 Å². The summed E-state index contributed by atoms with van der Waals surface area (Å²) in [6.07, 6.45) is 4.21. The number of hydrogen-bond donors (Lipinski definition) is 0. The van der Waals surface area contributed by atoms with E-state index < -0.39 is 0 Å². The van der Waals surface area contributed by atoms with Crippen molar-refractivity contribution in [3.05, 3.63) is 72.2 Å². The van der Waals surface area contributed by atoms with E-state index in [9.17, 15) is 0 Å². The van der Waals surface area contributed by atoms with Crippen LogP contribution in [0.3, 0.4) is 0 Å². The number of hydrogen-bond acceptors (Lipinski definition) is 4. The van der Waals surface area contributed by atoms with Crippen LogP contribution in [0, 0.1) is 0 Å². The van der Waals surface area contributed by atoms with Crippen LogP contribution >= 0.6 is 0 Å². The smallest absolute Gasteiger partial charge is 0.151 e. The van der Waals surface area contributed by atoms with Crippen molar-refractivity contribution < 1.29 is 4.52 Å². The molecule has 1 aliphatic rings. The Bertz CT molecular complexity index is 755. The summed E-state index contributed by atoms with van der Waals surface area (Å²) < 4.78 is 5.55. The zero-order valence-electron chi connectivity index (χ0n) is 12.9. The first-order valence-corrected chi connectivity index (χ1v) is 8.06. The van der Waals surface area contributed by atoms with E-state index in [1.807, 2.05) is 48.7 Å². The fraction of sp³-hybridized carbons (Fsp3) is 0.263. The minimum Gasteiger partial charge on any atom is -0.359 e. The Morgan fingerprint density at radius 3 is 2.78 bits per heavy atom. The summed E-state index contributed by atoms with van der Waals surface area (Å²) in [6, 6.07) is 18.7. The van der Waals surface area contributed by atoms with E-state index in [-0.39, 0.29) is 0 Å². The second-order valence-electron chi connectivity index (χ2n) is 5.93. The van der Waals surface area contributed by atoms with Crippen molar-refractivity contribution in [3.8, 4) is 11.3 Å². The second-order valence-corrected chi connectivity index (χ2v) is 5.93. The molecule has 3 heterocycles. The van der Waals surface area contributed by atoms with Crippen LogP contribution in [-0.4, -0.2) is 21.6 Å². The van der Waals surface area contributed by atoms with Gasteiger partial charge in [0.05, 0.1) is 18.3 Å². The number of aromatic nitrogens is 2. The number of likely N-dealkylation sites (tertiary alicyclic amines) is 1. The second kappa shape index (κ2) is 6.34. The Labute approximate surface area is 135 Å². The van der Waals surface area contributed by atoms with Crippen molar-refractivity contribution in [3.63, 3.8) is 0 Å². The van der Waals surface area contributed by atoms with Crippen molar-refractivity contribution in [2.75, 3.05) is 6.54 Å². The monoisotopic (exact) mass is 305 g/mol. The van der Waals surface area contributed by atoms with Gasteiger partial charge in [-0.15, -0.1) is 0 Å². The molecule has 0 saturated carbocycles. The summed E-state index contributed by atoms with van der Waals surface area (Å²) >= 11 is 0. The number of pyridine rings is 1. The molecule has 4 rings (SSSR count). The Balaban J connectivity index is 1.51. The van der Waals surface area contributed by atoms with Crippen LogP contribution < -0.4 is 0 Å². The third-order valence-electron chi connectivity index (χ3n) is 4.38. The lowest BCUT2D eigenvalue weighted by atomic mass is 10.1.